The molecular formula is C12H15ClN2. The van der Waals surface area contributed by atoms with E-state index in [1.54, 1.807) is 5.56 Å². The summed E-state index contributed by atoms with van der Waals surface area (Å²) in [7, 11) is 2.16. The van der Waals surface area contributed by atoms with Crippen molar-refractivity contribution in [1.82, 2.24) is 9.88 Å². The van der Waals surface area contributed by atoms with Gasteiger partial charge in [-0.3, -0.25) is 0 Å². The number of rotatable bonds is 0. The number of nitrogens with zero attached hydrogens (tertiary/aromatic N) is 1. The number of aryl methyl sites for hydroxylation is 1. The van der Waals surface area contributed by atoms with Crippen LogP contribution in [0.15, 0.2) is 24.3 Å². The minimum absolute atomic E-state index is 0. The summed E-state index contributed by atoms with van der Waals surface area (Å²) >= 11 is 0. The average molecular weight is 223 g/mol. The molecule has 1 N–H and O–H groups in total. The Morgan fingerprint density at radius 1 is 1.27 bits per heavy atom. The molecule has 2 nitrogen and oxygen atoms in total. The largest absolute Gasteiger partial charge is 0.346 e. The molecule has 0 bridgehead atoms. The number of benzene rings is 1. The van der Waals surface area contributed by atoms with Gasteiger partial charge in [-0.25, -0.2) is 0 Å². The number of halogens is 1. The summed E-state index contributed by atoms with van der Waals surface area (Å²) in [6.07, 6.45) is 1.16. The molecule has 0 saturated carbocycles. The SMILES string of the molecule is Cl.Cn1c2c(c3ccccc31)CCNC2. The van der Waals surface area contributed by atoms with Gasteiger partial charge in [0.15, 0.2) is 0 Å². The lowest BCUT2D eigenvalue weighted by molar-refractivity contribution is 0.614. The molecule has 0 spiro atoms. The van der Waals surface area contributed by atoms with Crippen molar-refractivity contribution >= 4 is 23.3 Å². The third-order valence-electron chi connectivity index (χ3n) is 3.19. The molecule has 2 aromatic rings. The van der Waals surface area contributed by atoms with Gasteiger partial charge in [-0.15, -0.1) is 12.4 Å². The van der Waals surface area contributed by atoms with Crippen LogP contribution in [-0.2, 0) is 20.0 Å². The van der Waals surface area contributed by atoms with Crippen LogP contribution in [0.4, 0.5) is 0 Å². The molecule has 0 aliphatic carbocycles. The molecule has 1 aliphatic rings. The zero-order valence-electron chi connectivity index (χ0n) is 8.79. The molecule has 1 aromatic carbocycles. The lowest BCUT2D eigenvalue weighted by Crippen LogP contribution is -2.24. The molecule has 0 fully saturated rings. The van der Waals surface area contributed by atoms with Crippen LogP contribution in [0.2, 0.25) is 0 Å². The van der Waals surface area contributed by atoms with Crippen molar-refractivity contribution < 1.29 is 0 Å². The quantitative estimate of drug-likeness (QED) is 0.724. The van der Waals surface area contributed by atoms with Gasteiger partial charge in [0.05, 0.1) is 0 Å². The van der Waals surface area contributed by atoms with Gasteiger partial charge in [0.1, 0.15) is 0 Å². The first-order valence-electron chi connectivity index (χ1n) is 5.14. The number of hydrogen-bond acceptors (Lipinski definition) is 1. The minimum Gasteiger partial charge on any atom is -0.346 e. The van der Waals surface area contributed by atoms with E-state index in [1.165, 1.54) is 16.6 Å². The zero-order chi connectivity index (χ0) is 9.54. The fraction of sp³-hybridized carbons (Fsp3) is 0.333. The van der Waals surface area contributed by atoms with Gasteiger partial charge in [0, 0.05) is 30.2 Å². The van der Waals surface area contributed by atoms with Gasteiger partial charge >= 0.3 is 0 Å². The van der Waals surface area contributed by atoms with Crippen LogP contribution in [-0.4, -0.2) is 11.1 Å². The molecule has 80 valence electrons. The Kier molecular flexibility index (Phi) is 2.72. The molecule has 15 heavy (non-hydrogen) atoms. The number of para-hydroxylation sites is 1. The minimum atomic E-state index is 0. The van der Waals surface area contributed by atoms with Crippen molar-refractivity contribution in [2.24, 2.45) is 7.05 Å². The van der Waals surface area contributed by atoms with Crippen molar-refractivity contribution in [2.45, 2.75) is 13.0 Å². The molecule has 0 atom stereocenters. The first kappa shape index (κ1) is 10.5. The van der Waals surface area contributed by atoms with E-state index in [-0.39, 0.29) is 12.4 Å². The third-order valence-corrected chi connectivity index (χ3v) is 3.19. The van der Waals surface area contributed by atoms with E-state index in [2.05, 4.69) is 41.2 Å². The average Bonchev–Trinajstić information content (AvgIpc) is 2.55. The van der Waals surface area contributed by atoms with E-state index in [9.17, 15) is 0 Å². The lowest BCUT2D eigenvalue weighted by Gasteiger charge is -2.14. The smallest absolute Gasteiger partial charge is 0.0483 e. The Bertz CT molecular complexity index is 488. The van der Waals surface area contributed by atoms with Crippen LogP contribution >= 0.6 is 12.4 Å². The summed E-state index contributed by atoms with van der Waals surface area (Å²) in [4.78, 5) is 0. The fourth-order valence-electron chi connectivity index (χ4n) is 2.45. The Labute approximate surface area is 95.7 Å². The van der Waals surface area contributed by atoms with Gasteiger partial charge in [0.25, 0.3) is 0 Å². The topological polar surface area (TPSA) is 17.0 Å². The summed E-state index contributed by atoms with van der Waals surface area (Å²) in [6, 6.07) is 8.68. The molecule has 1 aromatic heterocycles. The summed E-state index contributed by atoms with van der Waals surface area (Å²) in [6.45, 7) is 2.13. The van der Waals surface area contributed by atoms with E-state index in [0.29, 0.717) is 0 Å². The summed E-state index contributed by atoms with van der Waals surface area (Å²) in [5.41, 5.74) is 4.36. The van der Waals surface area contributed by atoms with Gasteiger partial charge in [-0.05, 0) is 24.6 Å². The Hall–Kier alpha value is -0.990. The fourth-order valence-corrected chi connectivity index (χ4v) is 2.45. The zero-order valence-corrected chi connectivity index (χ0v) is 9.60. The predicted octanol–water partition coefficient (Wildman–Crippen LogP) is 2.25. The van der Waals surface area contributed by atoms with Crippen LogP contribution in [0.25, 0.3) is 10.9 Å². The highest BCUT2D eigenvalue weighted by atomic mass is 35.5. The second-order valence-corrected chi connectivity index (χ2v) is 3.93. The van der Waals surface area contributed by atoms with Gasteiger partial charge in [-0.2, -0.15) is 0 Å². The molecule has 0 amide bonds. The lowest BCUT2D eigenvalue weighted by atomic mass is 10.1. The maximum Gasteiger partial charge on any atom is 0.0483 e. The summed E-state index contributed by atoms with van der Waals surface area (Å²) in [5.74, 6) is 0. The molecule has 1 aliphatic heterocycles. The first-order chi connectivity index (χ1) is 6.88. The summed E-state index contributed by atoms with van der Waals surface area (Å²) < 4.78 is 2.32. The molecule has 0 radical (unpaired) electrons. The molecule has 2 heterocycles. The maximum atomic E-state index is 3.42. The number of nitrogens with one attached hydrogen (secondary N) is 1. The van der Waals surface area contributed by atoms with Crippen LogP contribution in [0.3, 0.4) is 0 Å². The molecule has 0 saturated heterocycles. The van der Waals surface area contributed by atoms with Crippen LogP contribution in [0.1, 0.15) is 11.3 Å². The molecule has 3 heteroatoms. The Morgan fingerprint density at radius 2 is 2.07 bits per heavy atom. The van der Waals surface area contributed by atoms with Crippen molar-refractivity contribution in [2.75, 3.05) is 6.54 Å². The molecule has 3 rings (SSSR count). The van der Waals surface area contributed by atoms with Crippen molar-refractivity contribution in [3.8, 4) is 0 Å². The number of fused-ring (bicyclic) bond motifs is 3. The normalized spacial score (nSPS) is 14.7. The third kappa shape index (κ3) is 1.45. The van der Waals surface area contributed by atoms with E-state index in [1.807, 2.05) is 0 Å². The summed E-state index contributed by atoms with van der Waals surface area (Å²) in [5, 5.41) is 4.86. The second kappa shape index (κ2) is 3.87. The van der Waals surface area contributed by atoms with Crippen LogP contribution in [0, 0.1) is 0 Å². The first-order valence-corrected chi connectivity index (χ1v) is 5.14. The van der Waals surface area contributed by atoms with Gasteiger partial charge < -0.3 is 9.88 Å². The highest BCUT2D eigenvalue weighted by Gasteiger charge is 2.16. The van der Waals surface area contributed by atoms with Crippen LogP contribution in [0.5, 0.6) is 0 Å². The Balaban J connectivity index is 0.000000853. The Morgan fingerprint density at radius 3 is 2.93 bits per heavy atom. The molecule has 0 unspecified atom stereocenters. The number of aromatic nitrogens is 1. The van der Waals surface area contributed by atoms with E-state index >= 15 is 0 Å². The van der Waals surface area contributed by atoms with E-state index in [0.717, 1.165) is 19.5 Å². The van der Waals surface area contributed by atoms with Gasteiger partial charge in [-0.1, -0.05) is 18.2 Å². The highest BCUT2D eigenvalue weighted by Crippen LogP contribution is 2.27. The molecular weight excluding hydrogens is 208 g/mol. The monoisotopic (exact) mass is 222 g/mol. The van der Waals surface area contributed by atoms with Gasteiger partial charge in [0.2, 0.25) is 0 Å². The van der Waals surface area contributed by atoms with Crippen LogP contribution < -0.4 is 5.32 Å². The van der Waals surface area contributed by atoms with E-state index < -0.39 is 0 Å². The second-order valence-electron chi connectivity index (χ2n) is 3.93. The van der Waals surface area contributed by atoms with Crippen molar-refractivity contribution in [3.63, 3.8) is 0 Å². The highest BCUT2D eigenvalue weighted by molar-refractivity contribution is 5.86. The van der Waals surface area contributed by atoms with E-state index in [4.69, 9.17) is 0 Å². The van der Waals surface area contributed by atoms with Crippen molar-refractivity contribution in [1.29, 1.82) is 0 Å². The number of hydrogen-bond donors (Lipinski definition) is 1. The standard InChI is InChI=1S/C12H14N2.ClH/c1-14-11-5-3-2-4-9(11)10-6-7-13-8-12(10)14;/h2-5,13H,6-8H2,1H3;1H. The predicted molar refractivity (Wildman–Crippen MR) is 65.6 cm³/mol. The maximum absolute atomic E-state index is 3.42. The van der Waals surface area contributed by atoms with Crippen molar-refractivity contribution in [3.05, 3.63) is 35.5 Å².